The zero-order valence-corrected chi connectivity index (χ0v) is 15.8. The van der Waals surface area contributed by atoms with Crippen molar-refractivity contribution in [3.05, 3.63) is 47.5 Å². The van der Waals surface area contributed by atoms with Crippen molar-refractivity contribution in [2.75, 3.05) is 19.8 Å². The van der Waals surface area contributed by atoms with E-state index in [0.29, 0.717) is 18.8 Å². The van der Waals surface area contributed by atoms with Gasteiger partial charge in [0.25, 0.3) is 5.91 Å². The molecule has 0 aliphatic carbocycles. The molecular weight excluding hydrogens is 356 g/mol. The van der Waals surface area contributed by atoms with Crippen LogP contribution < -0.4 is 9.47 Å². The third kappa shape index (κ3) is 2.78. The topological polar surface area (TPSA) is 69.5 Å². The van der Waals surface area contributed by atoms with Gasteiger partial charge >= 0.3 is 0 Å². The maximum atomic E-state index is 13.3. The highest BCUT2D eigenvalue weighted by molar-refractivity contribution is 5.97. The molecule has 7 heteroatoms. The number of rotatable bonds is 3. The molecule has 3 heterocycles. The molecule has 0 N–H and O–H groups in total. The molecule has 1 atom stereocenters. The van der Waals surface area contributed by atoms with Gasteiger partial charge in [0.15, 0.2) is 11.5 Å². The van der Waals surface area contributed by atoms with Crippen molar-refractivity contribution in [3.8, 4) is 11.5 Å². The maximum absolute atomic E-state index is 13.3. The molecule has 1 saturated heterocycles. The van der Waals surface area contributed by atoms with Crippen LogP contribution in [0.25, 0.3) is 11.0 Å². The Balaban J connectivity index is 1.44. The first-order valence-corrected chi connectivity index (χ1v) is 9.78. The van der Waals surface area contributed by atoms with Gasteiger partial charge in [-0.25, -0.2) is 4.68 Å². The lowest BCUT2D eigenvalue weighted by Gasteiger charge is -2.27. The monoisotopic (exact) mass is 378 g/mol. The van der Waals surface area contributed by atoms with Crippen LogP contribution in [0.1, 0.15) is 41.7 Å². The lowest BCUT2D eigenvalue weighted by atomic mass is 10.0. The average molecular weight is 378 g/mol. The summed E-state index contributed by atoms with van der Waals surface area (Å²) in [6, 6.07) is 11.7. The van der Waals surface area contributed by atoms with Crippen LogP contribution in [0, 0.1) is 0 Å². The lowest BCUT2D eigenvalue weighted by molar-refractivity contribution is 0.0735. The van der Waals surface area contributed by atoms with Crippen LogP contribution in [0.15, 0.2) is 36.4 Å². The molecule has 2 aliphatic rings. The van der Waals surface area contributed by atoms with Crippen molar-refractivity contribution >= 4 is 16.9 Å². The molecule has 2 aliphatic heterocycles. The van der Waals surface area contributed by atoms with Crippen LogP contribution in [0.3, 0.4) is 0 Å². The molecule has 2 aromatic carbocycles. The maximum Gasteiger partial charge on any atom is 0.254 e. The molecule has 1 aromatic heterocycles. The van der Waals surface area contributed by atoms with Crippen molar-refractivity contribution < 1.29 is 14.3 Å². The van der Waals surface area contributed by atoms with Crippen LogP contribution in [-0.4, -0.2) is 45.6 Å². The van der Waals surface area contributed by atoms with Gasteiger partial charge in [-0.05, 0) is 55.7 Å². The zero-order chi connectivity index (χ0) is 19.1. The van der Waals surface area contributed by atoms with Crippen LogP contribution >= 0.6 is 0 Å². The number of amides is 1. The highest BCUT2D eigenvalue weighted by atomic mass is 16.6. The van der Waals surface area contributed by atoms with Gasteiger partial charge < -0.3 is 14.4 Å². The number of benzene rings is 2. The van der Waals surface area contributed by atoms with Crippen molar-refractivity contribution in [3.63, 3.8) is 0 Å². The molecule has 28 heavy (non-hydrogen) atoms. The molecular formula is C21H22N4O3. The van der Waals surface area contributed by atoms with Gasteiger partial charge in [0.2, 0.25) is 0 Å². The van der Waals surface area contributed by atoms with Crippen molar-refractivity contribution in [2.24, 2.45) is 0 Å². The fourth-order valence-electron chi connectivity index (χ4n) is 4.13. The minimum absolute atomic E-state index is 0.0327. The van der Waals surface area contributed by atoms with E-state index in [-0.39, 0.29) is 11.9 Å². The molecule has 0 unspecified atom stereocenters. The van der Waals surface area contributed by atoms with Gasteiger partial charge in [-0.15, -0.1) is 5.10 Å². The summed E-state index contributed by atoms with van der Waals surface area (Å²) >= 11 is 0. The van der Waals surface area contributed by atoms with Crippen LogP contribution in [0.4, 0.5) is 0 Å². The smallest absolute Gasteiger partial charge is 0.254 e. The highest BCUT2D eigenvalue weighted by Crippen LogP contribution is 2.38. The summed E-state index contributed by atoms with van der Waals surface area (Å²) in [6.45, 7) is 4.66. The Bertz CT molecular complexity index is 1050. The summed E-state index contributed by atoms with van der Waals surface area (Å²) in [6.07, 6.45) is 1.93. The molecule has 7 nitrogen and oxygen atoms in total. The molecule has 144 valence electrons. The Kier molecular flexibility index (Phi) is 4.15. The summed E-state index contributed by atoms with van der Waals surface area (Å²) < 4.78 is 13.2. The van der Waals surface area contributed by atoms with E-state index < -0.39 is 0 Å². The van der Waals surface area contributed by atoms with Crippen molar-refractivity contribution in [2.45, 2.75) is 32.4 Å². The number of carbonyl (C=O) groups is 1. The fraction of sp³-hybridized carbons (Fsp3) is 0.381. The highest BCUT2D eigenvalue weighted by Gasteiger charge is 2.31. The second-order valence-electron chi connectivity index (χ2n) is 7.17. The Morgan fingerprint density at radius 3 is 2.86 bits per heavy atom. The Hall–Kier alpha value is -3.09. The number of carbonyl (C=O) groups excluding carboxylic acids is 1. The quantitative estimate of drug-likeness (QED) is 0.700. The summed E-state index contributed by atoms with van der Waals surface area (Å²) in [5, 5.41) is 8.33. The van der Waals surface area contributed by atoms with E-state index in [2.05, 4.69) is 10.3 Å². The molecule has 1 amide bonds. The third-order valence-corrected chi connectivity index (χ3v) is 5.53. The standard InChI is InChI=1S/C21H22N4O3/c1-2-25-18-7-5-15(12-16(18)22-23-25)21(26)24-9-3-4-17(24)14-6-8-19-20(13-14)28-11-10-27-19/h5-8,12-13,17H,2-4,9-11H2,1H3/t17-/m1/s1. The SMILES string of the molecule is CCn1nnc2cc(C(=O)N3CCC[C@@H]3c3ccc4c(c3)OCCO4)ccc21. The number of aryl methyl sites for hydroxylation is 1. The van der Waals surface area contributed by atoms with Crippen molar-refractivity contribution in [1.29, 1.82) is 0 Å². The van der Waals surface area contributed by atoms with Gasteiger partial charge in [0, 0.05) is 18.7 Å². The second kappa shape index (κ2) is 6.82. The number of nitrogens with zero attached hydrogens (tertiary/aromatic N) is 4. The van der Waals surface area contributed by atoms with E-state index in [9.17, 15) is 4.79 Å². The van der Waals surface area contributed by atoms with Gasteiger partial charge in [-0.2, -0.15) is 0 Å². The first-order valence-electron chi connectivity index (χ1n) is 9.78. The van der Waals surface area contributed by atoms with E-state index in [4.69, 9.17) is 9.47 Å². The zero-order valence-electron chi connectivity index (χ0n) is 15.8. The minimum atomic E-state index is 0.0327. The fourth-order valence-corrected chi connectivity index (χ4v) is 4.13. The average Bonchev–Trinajstić information content (AvgIpc) is 3.39. The van der Waals surface area contributed by atoms with E-state index >= 15 is 0 Å². The Morgan fingerprint density at radius 2 is 2.00 bits per heavy atom. The molecule has 0 radical (unpaired) electrons. The predicted octanol–water partition coefficient (Wildman–Crippen LogP) is 3.20. The number of ether oxygens (including phenoxy) is 2. The van der Waals surface area contributed by atoms with Crippen LogP contribution in [0.2, 0.25) is 0 Å². The molecule has 1 fully saturated rings. The van der Waals surface area contributed by atoms with E-state index in [1.54, 1.807) is 0 Å². The molecule has 0 spiro atoms. The first kappa shape index (κ1) is 17.0. The number of fused-ring (bicyclic) bond motifs is 2. The first-order chi connectivity index (χ1) is 13.7. The molecule has 0 saturated carbocycles. The van der Waals surface area contributed by atoms with Gasteiger partial charge in [0.1, 0.15) is 18.7 Å². The summed E-state index contributed by atoms with van der Waals surface area (Å²) in [5.74, 6) is 1.57. The number of hydrogen-bond donors (Lipinski definition) is 0. The molecule has 5 rings (SSSR count). The normalized spacial score (nSPS) is 18.6. The third-order valence-electron chi connectivity index (χ3n) is 5.53. The number of aromatic nitrogens is 3. The number of likely N-dealkylation sites (tertiary alicyclic amines) is 1. The predicted molar refractivity (Wildman–Crippen MR) is 104 cm³/mol. The van der Waals surface area contributed by atoms with Gasteiger partial charge in [-0.1, -0.05) is 11.3 Å². The second-order valence-corrected chi connectivity index (χ2v) is 7.17. The molecule has 0 bridgehead atoms. The van der Waals surface area contributed by atoms with Gasteiger partial charge in [0.05, 0.1) is 11.6 Å². The summed E-state index contributed by atoms with van der Waals surface area (Å²) in [5.41, 5.74) is 3.44. The van der Waals surface area contributed by atoms with Gasteiger partial charge in [-0.3, -0.25) is 4.79 Å². The summed E-state index contributed by atoms with van der Waals surface area (Å²) in [4.78, 5) is 15.2. The van der Waals surface area contributed by atoms with E-state index in [0.717, 1.165) is 54.0 Å². The van der Waals surface area contributed by atoms with E-state index in [1.807, 2.05) is 52.9 Å². The Morgan fingerprint density at radius 1 is 1.14 bits per heavy atom. The van der Waals surface area contributed by atoms with Crippen LogP contribution in [0.5, 0.6) is 11.5 Å². The Labute approximate surface area is 162 Å². The summed E-state index contributed by atoms with van der Waals surface area (Å²) in [7, 11) is 0. The number of hydrogen-bond acceptors (Lipinski definition) is 5. The molecule has 3 aromatic rings. The minimum Gasteiger partial charge on any atom is -0.486 e. The van der Waals surface area contributed by atoms with Crippen molar-refractivity contribution in [1.82, 2.24) is 19.9 Å². The largest absolute Gasteiger partial charge is 0.486 e. The lowest BCUT2D eigenvalue weighted by Crippen LogP contribution is -2.30. The van der Waals surface area contributed by atoms with Crippen LogP contribution in [-0.2, 0) is 6.54 Å². The van der Waals surface area contributed by atoms with E-state index in [1.165, 1.54) is 0 Å².